The fourth-order valence-corrected chi connectivity index (χ4v) is 7.34. The first-order valence-corrected chi connectivity index (χ1v) is 11.4. The standard InChI is InChI=1S/C19H15F3N2O3S2/c20-19(21,22)13-7-4-8-14(9-13)24-15-10-29(26,27)11-16(15)28-18(24)23-17(25)12-5-2-1-3-6-12/h1-9,15-16H,10-11H2/t15-,16-/m0/s1. The van der Waals surface area contributed by atoms with Crippen LogP contribution in [0.5, 0.6) is 0 Å². The summed E-state index contributed by atoms with van der Waals surface area (Å²) in [6.45, 7) is 0. The summed E-state index contributed by atoms with van der Waals surface area (Å²) in [7, 11) is -3.31. The van der Waals surface area contributed by atoms with Gasteiger partial charge in [-0.3, -0.25) is 4.79 Å². The molecule has 2 aromatic rings. The van der Waals surface area contributed by atoms with Gasteiger partial charge in [0.25, 0.3) is 5.91 Å². The number of sulfone groups is 1. The number of benzene rings is 2. The van der Waals surface area contributed by atoms with E-state index in [2.05, 4.69) is 4.99 Å². The van der Waals surface area contributed by atoms with Crippen molar-refractivity contribution in [3.05, 3.63) is 65.7 Å². The molecule has 0 spiro atoms. The van der Waals surface area contributed by atoms with Crippen LogP contribution in [0.25, 0.3) is 0 Å². The van der Waals surface area contributed by atoms with Crippen LogP contribution in [-0.4, -0.2) is 42.3 Å². The minimum absolute atomic E-state index is 0.101. The van der Waals surface area contributed by atoms with E-state index in [9.17, 15) is 26.4 Å². The van der Waals surface area contributed by atoms with Gasteiger partial charge in [-0.05, 0) is 30.3 Å². The van der Waals surface area contributed by atoms with Crippen LogP contribution in [0, 0.1) is 0 Å². The van der Waals surface area contributed by atoms with Crippen LogP contribution in [0.1, 0.15) is 15.9 Å². The second-order valence-corrected chi connectivity index (χ2v) is 10.1. The number of thioether (sulfide) groups is 1. The van der Waals surface area contributed by atoms with E-state index >= 15 is 0 Å². The highest BCUT2D eigenvalue weighted by Crippen LogP contribution is 2.42. The second kappa shape index (κ2) is 7.17. The number of nitrogens with zero attached hydrogens (tertiary/aromatic N) is 2. The molecule has 5 nitrogen and oxygen atoms in total. The van der Waals surface area contributed by atoms with Gasteiger partial charge in [-0.2, -0.15) is 18.2 Å². The maximum atomic E-state index is 13.2. The second-order valence-electron chi connectivity index (χ2n) is 6.78. The number of amides is 1. The maximum Gasteiger partial charge on any atom is 0.416 e. The highest BCUT2D eigenvalue weighted by molar-refractivity contribution is 8.16. The van der Waals surface area contributed by atoms with Crippen LogP contribution in [0.3, 0.4) is 0 Å². The van der Waals surface area contributed by atoms with Gasteiger partial charge in [-0.1, -0.05) is 36.0 Å². The van der Waals surface area contributed by atoms with Gasteiger partial charge in [0.05, 0.1) is 23.1 Å². The monoisotopic (exact) mass is 440 g/mol. The van der Waals surface area contributed by atoms with Crippen molar-refractivity contribution < 1.29 is 26.4 Å². The van der Waals surface area contributed by atoms with Gasteiger partial charge >= 0.3 is 6.18 Å². The van der Waals surface area contributed by atoms with Crippen LogP contribution >= 0.6 is 11.8 Å². The van der Waals surface area contributed by atoms with E-state index in [1.807, 2.05) is 0 Å². The highest BCUT2D eigenvalue weighted by atomic mass is 32.2. The third kappa shape index (κ3) is 4.04. The van der Waals surface area contributed by atoms with Crippen molar-refractivity contribution in [1.82, 2.24) is 0 Å². The van der Waals surface area contributed by atoms with Gasteiger partial charge in [0.1, 0.15) is 0 Å². The lowest BCUT2D eigenvalue weighted by molar-refractivity contribution is -0.137. The van der Waals surface area contributed by atoms with Crippen LogP contribution in [0.2, 0.25) is 0 Å². The Labute approximate surface area is 169 Å². The SMILES string of the molecule is O=C(N=C1S[C@H]2CS(=O)(=O)C[C@@H]2N1c1cccc(C(F)(F)F)c1)c1ccccc1. The number of aliphatic imine (C=N–C) groups is 1. The molecule has 0 aliphatic carbocycles. The quantitative estimate of drug-likeness (QED) is 0.714. The van der Waals surface area contributed by atoms with Crippen LogP contribution in [-0.2, 0) is 16.0 Å². The molecule has 2 saturated heterocycles. The number of hydrogen-bond donors (Lipinski definition) is 0. The fraction of sp³-hybridized carbons (Fsp3) is 0.263. The molecule has 2 atom stereocenters. The molecule has 0 N–H and O–H groups in total. The highest BCUT2D eigenvalue weighted by Gasteiger charge is 2.49. The Kier molecular flexibility index (Phi) is 4.94. The minimum Gasteiger partial charge on any atom is -0.316 e. The number of anilines is 1. The molecule has 0 bridgehead atoms. The molecule has 2 heterocycles. The molecule has 0 aromatic heterocycles. The Balaban J connectivity index is 1.76. The number of carbonyl (C=O) groups is 1. The van der Waals surface area contributed by atoms with E-state index in [4.69, 9.17) is 0 Å². The minimum atomic E-state index is -4.54. The summed E-state index contributed by atoms with van der Waals surface area (Å²) in [6.07, 6.45) is -4.54. The topological polar surface area (TPSA) is 66.8 Å². The first-order valence-electron chi connectivity index (χ1n) is 8.66. The van der Waals surface area contributed by atoms with E-state index in [1.165, 1.54) is 17.0 Å². The molecule has 1 amide bonds. The van der Waals surface area contributed by atoms with Gasteiger partial charge < -0.3 is 4.90 Å². The third-order valence-corrected chi connectivity index (χ3v) is 7.95. The van der Waals surface area contributed by atoms with Crippen molar-refractivity contribution in [2.75, 3.05) is 16.4 Å². The summed E-state index contributed by atoms with van der Waals surface area (Å²) >= 11 is 1.12. The Morgan fingerprint density at radius 1 is 1.07 bits per heavy atom. The molecule has 2 aliphatic heterocycles. The zero-order chi connectivity index (χ0) is 20.8. The Bertz CT molecular complexity index is 1090. The number of halogens is 3. The largest absolute Gasteiger partial charge is 0.416 e. The Morgan fingerprint density at radius 3 is 2.48 bits per heavy atom. The Hall–Kier alpha value is -2.33. The van der Waals surface area contributed by atoms with Crippen LogP contribution in [0.4, 0.5) is 18.9 Å². The zero-order valence-corrected chi connectivity index (χ0v) is 16.5. The summed E-state index contributed by atoms with van der Waals surface area (Å²) in [5.74, 6) is -0.830. The molecule has 10 heteroatoms. The lowest BCUT2D eigenvalue weighted by atomic mass is 10.1. The summed E-state index contributed by atoms with van der Waals surface area (Å²) in [4.78, 5) is 18.1. The van der Waals surface area contributed by atoms with Crippen molar-refractivity contribution in [3.63, 3.8) is 0 Å². The van der Waals surface area contributed by atoms with Crippen molar-refractivity contribution in [1.29, 1.82) is 0 Å². The van der Waals surface area contributed by atoms with Gasteiger partial charge in [-0.15, -0.1) is 0 Å². The van der Waals surface area contributed by atoms with E-state index in [-0.39, 0.29) is 22.4 Å². The molecule has 152 valence electrons. The van der Waals surface area contributed by atoms with E-state index in [0.29, 0.717) is 5.56 Å². The summed E-state index contributed by atoms with van der Waals surface area (Å²) < 4.78 is 63.7. The van der Waals surface area contributed by atoms with Gasteiger partial charge in [-0.25, -0.2) is 8.42 Å². The molecule has 0 saturated carbocycles. The number of amidine groups is 1. The normalized spacial score (nSPS) is 24.7. The molecule has 2 aromatic carbocycles. The number of rotatable bonds is 2. The molecule has 2 aliphatic rings. The van der Waals surface area contributed by atoms with Crippen molar-refractivity contribution in [2.24, 2.45) is 4.99 Å². The number of hydrogen-bond acceptors (Lipinski definition) is 4. The predicted molar refractivity (Wildman–Crippen MR) is 106 cm³/mol. The van der Waals surface area contributed by atoms with Gasteiger partial charge in [0.2, 0.25) is 0 Å². The first-order chi connectivity index (χ1) is 13.6. The summed E-state index contributed by atoms with van der Waals surface area (Å²) in [5, 5.41) is -0.181. The maximum absolute atomic E-state index is 13.2. The van der Waals surface area contributed by atoms with Crippen molar-refractivity contribution in [2.45, 2.75) is 17.5 Å². The molecule has 0 unspecified atom stereocenters. The fourth-order valence-electron chi connectivity index (χ4n) is 3.43. The van der Waals surface area contributed by atoms with Crippen molar-refractivity contribution in [3.8, 4) is 0 Å². The third-order valence-electron chi connectivity index (χ3n) is 4.74. The number of alkyl halides is 3. The number of fused-ring (bicyclic) bond motifs is 1. The first kappa shape index (κ1) is 20.0. The van der Waals surface area contributed by atoms with Crippen LogP contribution < -0.4 is 4.90 Å². The van der Waals surface area contributed by atoms with Crippen LogP contribution in [0.15, 0.2) is 59.6 Å². The molecule has 29 heavy (non-hydrogen) atoms. The lowest BCUT2D eigenvalue weighted by Gasteiger charge is -2.25. The van der Waals surface area contributed by atoms with E-state index < -0.39 is 38.8 Å². The molecule has 0 radical (unpaired) electrons. The molecule has 4 rings (SSSR count). The smallest absolute Gasteiger partial charge is 0.316 e. The van der Waals surface area contributed by atoms with E-state index in [1.54, 1.807) is 30.3 Å². The molecular formula is C19H15F3N2O3S2. The summed E-state index contributed by atoms with van der Waals surface area (Å²) in [6, 6.07) is 12.3. The average molecular weight is 440 g/mol. The molecule has 2 fully saturated rings. The van der Waals surface area contributed by atoms with Gasteiger partial charge in [0, 0.05) is 16.5 Å². The molecular weight excluding hydrogens is 425 g/mol. The van der Waals surface area contributed by atoms with Gasteiger partial charge in [0.15, 0.2) is 15.0 Å². The lowest BCUT2D eigenvalue weighted by Crippen LogP contribution is -2.37. The van der Waals surface area contributed by atoms with E-state index in [0.717, 1.165) is 23.9 Å². The van der Waals surface area contributed by atoms with Crippen molar-refractivity contribution >= 4 is 38.4 Å². The average Bonchev–Trinajstić information content (AvgIpc) is 3.12. The zero-order valence-electron chi connectivity index (χ0n) is 14.8. The predicted octanol–water partition coefficient (Wildman–Crippen LogP) is 3.62. The Morgan fingerprint density at radius 2 is 1.79 bits per heavy atom. The summed E-state index contributed by atoms with van der Waals surface area (Å²) in [5.41, 5.74) is -0.344. The number of carbonyl (C=O) groups excluding carboxylic acids is 1.